The molecule has 0 heterocycles. The van der Waals surface area contributed by atoms with Crippen LogP contribution in [0, 0.1) is 0 Å². The van der Waals surface area contributed by atoms with Crippen LogP contribution >= 0.6 is 0 Å². The number of hydrogen-bond acceptors (Lipinski definition) is 3. The Morgan fingerprint density at radius 1 is 1.10 bits per heavy atom. The first kappa shape index (κ1) is 14.4. The molecule has 1 atom stereocenters. The molecule has 0 amide bonds. The van der Waals surface area contributed by atoms with Gasteiger partial charge in [-0.25, -0.2) is 0 Å². The minimum absolute atomic E-state index is 0.190. The lowest BCUT2D eigenvalue weighted by atomic mass is 10.0. The van der Waals surface area contributed by atoms with Crippen LogP contribution in [0.15, 0.2) is 48.5 Å². The zero-order valence-electron chi connectivity index (χ0n) is 11.9. The first-order chi connectivity index (χ1) is 9.58. The van der Waals surface area contributed by atoms with Gasteiger partial charge >= 0.3 is 0 Å². The van der Waals surface area contributed by atoms with Crippen molar-refractivity contribution in [3.8, 4) is 5.75 Å². The number of rotatable bonds is 5. The topological polar surface area (TPSA) is 55.5 Å². The van der Waals surface area contributed by atoms with E-state index in [1.165, 1.54) is 5.56 Å². The second-order valence-corrected chi connectivity index (χ2v) is 5.18. The van der Waals surface area contributed by atoms with Gasteiger partial charge in [0.15, 0.2) is 0 Å². The molecule has 0 aromatic heterocycles. The SMILES string of the molecule is CC(C)c1cccc(OCC(O)c2ccccc2N)c1. The lowest BCUT2D eigenvalue weighted by Crippen LogP contribution is -2.11. The smallest absolute Gasteiger partial charge is 0.119 e. The molecule has 0 aliphatic rings. The molecule has 2 rings (SSSR count). The predicted octanol–water partition coefficient (Wildman–Crippen LogP) is 3.50. The van der Waals surface area contributed by atoms with Crippen molar-refractivity contribution >= 4 is 5.69 Å². The standard InChI is InChI=1S/C17H21NO2/c1-12(2)13-6-5-7-14(10-13)20-11-17(19)15-8-3-4-9-16(15)18/h3-10,12,17,19H,11,18H2,1-2H3. The van der Waals surface area contributed by atoms with Gasteiger partial charge in [-0.1, -0.05) is 44.2 Å². The Morgan fingerprint density at radius 2 is 1.85 bits per heavy atom. The average molecular weight is 271 g/mol. The van der Waals surface area contributed by atoms with Crippen LogP contribution in [0.4, 0.5) is 5.69 Å². The number of benzene rings is 2. The van der Waals surface area contributed by atoms with Crippen molar-refractivity contribution < 1.29 is 9.84 Å². The summed E-state index contributed by atoms with van der Waals surface area (Å²) in [7, 11) is 0. The highest BCUT2D eigenvalue weighted by atomic mass is 16.5. The van der Waals surface area contributed by atoms with Gasteiger partial charge in [-0.2, -0.15) is 0 Å². The van der Waals surface area contributed by atoms with E-state index in [1.807, 2.05) is 36.4 Å². The van der Waals surface area contributed by atoms with Crippen LogP contribution in [0.25, 0.3) is 0 Å². The highest BCUT2D eigenvalue weighted by Crippen LogP contribution is 2.23. The van der Waals surface area contributed by atoms with Crippen molar-refractivity contribution in [1.82, 2.24) is 0 Å². The number of nitrogen functional groups attached to an aromatic ring is 1. The maximum Gasteiger partial charge on any atom is 0.119 e. The molecule has 0 aliphatic carbocycles. The molecule has 0 aliphatic heterocycles. The van der Waals surface area contributed by atoms with E-state index < -0.39 is 6.10 Å². The molecule has 0 bridgehead atoms. The summed E-state index contributed by atoms with van der Waals surface area (Å²) in [6, 6.07) is 15.2. The van der Waals surface area contributed by atoms with E-state index in [0.717, 1.165) is 5.75 Å². The van der Waals surface area contributed by atoms with Crippen LogP contribution in [0.5, 0.6) is 5.75 Å². The Labute approximate surface area is 120 Å². The Hall–Kier alpha value is -2.00. The fraction of sp³-hybridized carbons (Fsp3) is 0.294. The van der Waals surface area contributed by atoms with Crippen LogP contribution in [-0.2, 0) is 0 Å². The summed E-state index contributed by atoms with van der Waals surface area (Å²) >= 11 is 0. The molecular formula is C17H21NO2. The normalized spacial score (nSPS) is 12.4. The summed E-state index contributed by atoms with van der Waals surface area (Å²) in [5.74, 6) is 1.22. The third-order valence-electron chi connectivity index (χ3n) is 3.29. The van der Waals surface area contributed by atoms with E-state index in [0.29, 0.717) is 17.2 Å². The van der Waals surface area contributed by atoms with E-state index in [2.05, 4.69) is 19.9 Å². The highest BCUT2D eigenvalue weighted by Gasteiger charge is 2.11. The summed E-state index contributed by atoms with van der Waals surface area (Å²) in [5.41, 5.74) is 8.34. The van der Waals surface area contributed by atoms with Gasteiger partial charge in [0.2, 0.25) is 0 Å². The minimum atomic E-state index is -0.723. The van der Waals surface area contributed by atoms with Crippen molar-refractivity contribution in [3.63, 3.8) is 0 Å². The molecule has 106 valence electrons. The van der Waals surface area contributed by atoms with Gasteiger partial charge in [0.25, 0.3) is 0 Å². The highest BCUT2D eigenvalue weighted by molar-refractivity contribution is 5.47. The van der Waals surface area contributed by atoms with Crippen LogP contribution in [0.3, 0.4) is 0 Å². The van der Waals surface area contributed by atoms with Gasteiger partial charge in [0.1, 0.15) is 18.5 Å². The van der Waals surface area contributed by atoms with Crippen LogP contribution in [0.1, 0.15) is 37.0 Å². The van der Waals surface area contributed by atoms with Gasteiger partial charge in [-0.05, 0) is 29.7 Å². The molecule has 0 saturated heterocycles. The lowest BCUT2D eigenvalue weighted by Gasteiger charge is -2.15. The lowest BCUT2D eigenvalue weighted by molar-refractivity contribution is 0.108. The zero-order chi connectivity index (χ0) is 14.5. The number of para-hydroxylation sites is 1. The number of anilines is 1. The number of nitrogens with two attached hydrogens (primary N) is 1. The van der Waals surface area contributed by atoms with Gasteiger partial charge in [0, 0.05) is 11.3 Å². The number of aliphatic hydroxyl groups is 1. The number of ether oxygens (including phenoxy) is 1. The van der Waals surface area contributed by atoms with Crippen molar-refractivity contribution in [2.45, 2.75) is 25.9 Å². The van der Waals surface area contributed by atoms with Crippen LogP contribution in [-0.4, -0.2) is 11.7 Å². The summed E-state index contributed by atoms with van der Waals surface area (Å²) in [4.78, 5) is 0. The first-order valence-corrected chi connectivity index (χ1v) is 6.83. The maximum absolute atomic E-state index is 10.1. The first-order valence-electron chi connectivity index (χ1n) is 6.83. The van der Waals surface area contributed by atoms with E-state index >= 15 is 0 Å². The Morgan fingerprint density at radius 3 is 2.55 bits per heavy atom. The predicted molar refractivity (Wildman–Crippen MR) is 81.8 cm³/mol. The molecule has 20 heavy (non-hydrogen) atoms. The molecule has 1 unspecified atom stereocenters. The quantitative estimate of drug-likeness (QED) is 0.818. The minimum Gasteiger partial charge on any atom is -0.491 e. The van der Waals surface area contributed by atoms with E-state index in [9.17, 15) is 5.11 Å². The fourth-order valence-corrected chi connectivity index (χ4v) is 2.04. The van der Waals surface area contributed by atoms with Crippen molar-refractivity contribution in [3.05, 3.63) is 59.7 Å². The van der Waals surface area contributed by atoms with Gasteiger partial charge in [0.05, 0.1) is 0 Å². The third-order valence-corrected chi connectivity index (χ3v) is 3.29. The Bertz CT molecular complexity index is 566. The molecule has 3 heteroatoms. The monoisotopic (exact) mass is 271 g/mol. The molecule has 0 fully saturated rings. The van der Waals surface area contributed by atoms with Gasteiger partial charge < -0.3 is 15.6 Å². The molecule has 0 spiro atoms. The molecule has 0 radical (unpaired) electrons. The van der Waals surface area contributed by atoms with Crippen molar-refractivity contribution in [2.24, 2.45) is 0 Å². The van der Waals surface area contributed by atoms with Gasteiger partial charge in [-0.3, -0.25) is 0 Å². The molecule has 3 nitrogen and oxygen atoms in total. The molecule has 2 aromatic carbocycles. The summed E-state index contributed by atoms with van der Waals surface area (Å²) in [6.45, 7) is 4.47. The van der Waals surface area contributed by atoms with E-state index in [4.69, 9.17) is 10.5 Å². The van der Waals surface area contributed by atoms with Gasteiger partial charge in [-0.15, -0.1) is 0 Å². The molecular weight excluding hydrogens is 250 g/mol. The Balaban J connectivity index is 2.02. The number of hydrogen-bond donors (Lipinski definition) is 2. The third kappa shape index (κ3) is 3.52. The fourth-order valence-electron chi connectivity index (χ4n) is 2.04. The maximum atomic E-state index is 10.1. The van der Waals surface area contributed by atoms with E-state index in [1.54, 1.807) is 6.07 Å². The molecule has 0 saturated carbocycles. The van der Waals surface area contributed by atoms with Crippen LogP contribution < -0.4 is 10.5 Å². The largest absolute Gasteiger partial charge is 0.491 e. The Kier molecular flexibility index (Phi) is 4.64. The number of aliphatic hydroxyl groups excluding tert-OH is 1. The van der Waals surface area contributed by atoms with Crippen molar-refractivity contribution in [1.29, 1.82) is 0 Å². The summed E-state index contributed by atoms with van der Waals surface area (Å²) < 4.78 is 5.66. The second kappa shape index (κ2) is 6.44. The summed E-state index contributed by atoms with van der Waals surface area (Å²) in [5, 5.41) is 10.1. The average Bonchev–Trinajstić information content (AvgIpc) is 2.45. The molecule has 3 N–H and O–H groups in total. The van der Waals surface area contributed by atoms with E-state index in [-0.39, 0.29) is 6.61 Å². The zero-order valence-corrected chi connectivity index (χ0v) is 11.9. The summed E-state index contributed by atoms with van der Waals surface area (Å²) in [6.07, 6.45) is -0.723. The van der Waals surface area contributed by atoms with Crippen molar-refractivity contribution in [2.75, 3.05) is 12.3 Å². The van der Waals surface area contributed by atoms with Crippen LogP contribution in [0.2, 0.25) is 0 Å². The molecule has 2 aromatic rings. The second-order valence-electron chi connectivity index (χ2n) is 5.18.